The predicted octanol–water partition coefficient (Wildman–Crippen LogP) is 4.20. The van der Waals surface area contributed by atoms with Crippen LogP contribution in [0.15, 0.2) is 53.4 Å². The quantitative estimate of drug-likeness (QED) is 0.367. The minimum Gasteiger partial charge on any atom is -0.497 e. The van der Waals surface area contributed by atoms with Crippen LogP contribution in [0.1, 0.15) is 22.5 Å². The molecule has 8 nitrogen and oxygen atoms in total. The summed E-state index contributed by atoms with van der Waals surface area (Å²) >= 11 is 3.31. The smallest absolute Gasteiger partial charge is 0.433 e. The number of alkyl halides is 3. The van der Waals surface area contributed by atoms with E-state index in [0.717, 1.165) is 16.7 Å². The Morgan fingerprint density at radius 3 is 2.58 bits per heavy atom. The molecule has 0 atom stereocenters. The van der Waals surface area contributed by atoms with Crippen molar-refractivity contribution in [2.45, 2.75) is 19.1 Å². The van der Waals surface area contributed by atoms with Gasteiger partial charge in [-0.3, -0.25) is 9.48 Å². The second kappa shape index (κ2) is 9.22. The topological polar surface area (TPSA) is 86.3 Å². The van der Waals surface area contributed by atoms with E-state index in [1.165, 1.54) is 7.11 Å². The zero-order valence-corrected chi connectivity index (χ0v) is 18.9. The molecule has 0 spiro atoms. The Hall–Kier alpha value is -3.41. The van der Waals surface area contributed by atoms with Crippen LogP contribution in [-0.4, -0.2) is 43.9 Å². The molecule has 0 bridgehead atoms. The van der Waals surface area contributed by atoms with Crippen LogP contribution in [0, 0.1) is 0 Å². The molecule has 1 N–H and O–H groups in total. The first-order valence-corrected chi connectivity index (χ1v) is 10.6. The molecule has 33 heavy (non-hydrogen) atoms. The number of rotatable bonds is 7. The molecule has 0 aliphatic carbocycles. The van der Waals surface area contributed by atoms with Crippen molar-refractivity contribution in [2.24, 2.45) is 0 Å². The number of fused-ring (bicyclic) bond motifs is 1. The third kappa shape index (κ3) is 5.00. The highest BCUT2D eigenvalue weighted by molar-refractivity contribution is 9.10. The summed E-state index contributed by atoms with van der Waals surface area (Å²) in [5.74, 6) is 0.00177. The monoisotopic (exact) mass is 522 g/mol. The van der Waals surface area contributed by atoms with Crippen molar-refractivity contribution in [3.63, 3.8) is 0 Å². The third-order valence-electron chi connectivity index (χ3n) is 4.84. The van der Waals surface area contributed by atoms with Crippen LogP contribution < -0.4 is 10.1 Å². The molecule has 172 valence electrons. The van der Waals surface area contributed by atoms with Gasteiger partial charge in [0.2, 0.25) is 0 Å². The van der Waals surface area contributed by atoms with Crippen LogP contribution in [0.5, 0.6) is 5.75 Å². The van der Waals surface area contributed by atoms with E-state index >= 15 is 0 Å². The Labute approximate surface area is 194 Å². The Kier molecular flexibility index (Phi) is 6.36. The van der Waals surface area contributed by atoms with Gasteiger partial charge in [-0.1, -0.05) is 0 Å². The van der Waals surface area contributed by atoms with Crippen molar-refractivity contribution in [3.05, 3.63) is 64.7 Å². The highest BCUT2D eigenvalue weighted by Crippen LogP contribution is 2.33. The fourth-order valence-electron chi connectivity index (χ4n) is 3.23. The number of nitrogens with zero attached hydrogens (tertiary/aromatic N) is 5. The fourth-order valence-corrected chi connectivity index (χ4v) is 3.56. The molecule has 1 amide bonds. The van der Waals surface area contributed by atoms with Gasteiger partial charge >= 0.3 is 6.18 Å². The van der Waals surface area contributed by atoms with Crippen LogP contribution in [-0.2, 0) is 12.7 Å². The van der Waals surface area contributed by atoms with E-state index in [4.69, 9.17) is 4.74 Å². The van der Waals surface area contributed by atoms with E-state index in [-0.39, 0.29) is 16.9 Å². The average Bonchev–Trinajstić information content (AvgIpc) is 3.41. The summed E-state index contributed by atoms with van der Waals surface area (Å²) in [5, 5.41) is 10.6. The highest BCUT2D eigenvalue weighted by Gasteiger charge is 2.36. The third-order valence-corrected chi connectivity index (χ3v) is 5.25. The number of aryl methyl sites for hydroxylation is 1. The number of methoxy groups -OCH3 is 1. The van der Waals surface area contributed by atoms with E-state index in [9.17, 15) is 18.0 Å². The molecule has 3 aromatic heterocycles. The second-order valence-corrected chi connectivity index (χ2v) is 7.99. The summed E-state index contributed by atoms with van der Waals surface area (Å²) in [6.45, 7) is 0.872. The molecule has 0 fully saturated rings. The van der Waals surface area contributed by atoms with Crippen molar-refractivity contribution in [3.8, 4) is 17.0 Å². The number of nitrogens with one attached hydrogen (secondary N) is 1. The van der Waals surface area contributed by atoms with Gasteiger partial charge < -0.3 is 10.1 Å². The minimum absolute atomic E-state index is 0.0438. The molecular weight excluding hydrogens is 505 g/mol. The molecule has 0 unspecified atom stereocenters. The molecule has 4 aromatic rings. The van der Waals surface area contributed by atoms with E-state index in [1.807, 2.05) is 0 Å². The highest BCUT2D eigenvalue weighted by atomic mass is 79.9. The molecule has 0 saturated carbocycles. The van der Waals surface area contributed by atoms with Crippen molar-refractivity contribution in [2.75, 3.05) is 13.7 Å². The minimum atomic E-state index is -4.69. The van der Waals surface area contributed by atoms with Crippen molar-refractivity contribution < 1.29 is 22.7 Å². The number of halogens is 4. The normalized spacial score (nSPS) is 11.7. The van der Waals surface area contributed by atoms with Crippen molar-refractivity contribution in [1.82, 2.24) is 29.7 Å². The van der Waals surface area contributed by atoms with Gasteiger partial charge in [0.15, 0.2) is 11.3 Å². The van der Waals surface area contributed by atoms with Crippen molar-refractivity contribution in [1.29, 1.82) is 0 Å². The molecule has 4 rings (SSSR count). The fraction of sp³-hybridized carbons (Fsp3) is 0.238. The average molecular weight is 523 g/mol. The molecule has 0 aliphatic rings. The van der Waals surface area contributed by atoms with E-state index in [0.29, 0.717) is 35.3 Å². The van der Waals surface area contributed by atoms with Crippen LogP contribution in [0.25, 0.3) is 16.9 Å². The van der Waals surface area contributed by atoms with Gasteiger partial charge in [0, 0.05) is 24.8 Å². The van der Waals surface area contributed by atoms with Crippen molar-refractivity contribution >= 4 is 27.5 Å². The van der Waals surface area contributed by atoms with Crippen LogP contribution >= 0.6 is 15.9 Å². The Morgan fingerprint density at radius 1 is 1.18 bits per heavy atom. The van der Waals surface area contributed by atoms with E-state index < -0.39 is 17.8 Å². The number of hydrogen-bond donors (Lipinski definition) is 1. The number of aromatic nitrogens is 5. The van der Waals surface area contributed by atoms with Gasteiger partial charge in [0.1, 0.15) is 11.3 Å². The summed E-state index contributed by atoms with van der Waals surface area (Å²) in [6, 6.07) is 7.35. The lowest BCUT2D eigenvalue weighted by Gasteiger charge is -2.12. The SMILES string of the molecule is COc1ccc(-c2cc(C(F)(F)F)n3ncc(C(=O)NCCCn4cc(Br)cn4)c3n2)cc1. The second-order valence-electron chi connectivity index (χ2n) is 7.08. The standard InChI is InChI=1S/C21H18BrF3N6O2/c1-33-15-5-3-13(4-6-15)17-9-18(21(23,24)25)31-19(29-17)16(11-28-31)20(32)26-7-2-8-30-12-14(22)10-27-30/h3-6,9-12H,2,7-8H2,1H3,(H,26,32). The molecule has 0 aliphatic heterocycles. The Balaban J connectivity index is 1.60. The maximum atomic E-state index is 13.7. The number of ether oxygens (including phenoxy) is 1. The lowest BCUT2D eigenvalue weighted by Crippen LogP contribution is -2.25. The van der Waals surface area contributed by atoms with Gasteiger partial charge in [-0.05, 0) is 52.7 Å². The number of benzene rings is 1. The maximum Gasteiger partial charge on any atom is 0.433 e. The zero-order chi connectivity index (χ0) is 23.6. The first-order valence-electron chi connectivity index (χ1n) is 9.83. The number of amides is 1. The molecule has 0 radical (unpaired) electrons. The van der Waals surface area contributed by atoms with Gasteiger partial charge in [0.05, 0.1) is 29.7 Å². The zero-order valence-electron chi connectivity index (χ0n) is 17.3. The Morgan fingerprint density at radius 2 is 1.94 bits per heavy atom. The predicted molar refractivity (Wildman–Crippen MR) is 117 cm³/mol. The van der Waals surface area contributed by atoms with Crippen LogP contribution in [0.2, 0.25) is 0 Å². The van der Waals surface area contributed by atoms with Crippen LogP contribution in [0.4, 0.5) is 13.2 Å². The molecule has 12 heteroatoms. The largest absolute Gasteiger partial charge is 0.497 e. The van der Waals surface area contributed by atoms with Gasteiger partial charge in [0.25, 0.3) is 5.91 Å². The van der Waals surface area contributed by atoms with Gasteiger partial charge in [-0.25, -0.2) is 9.50 Å². The van der Waals surface area contributed by atoms with Crippen LogP contribution in [0.3, 0.4) is 0 Å². The lowest BCUT2D eigenvalue weighted by atomic mass is 10.1. The van der Waals surface area contributed by atoms with E-state index in [1.54, 1.807) is 41.3 Å². The molecular formula is C21H18BrF3N6O2. The molecule has 3 heterocycles. The maximum absolute atomic E-state index is 13.7. The van der Waals surface area contributed by atoms with Gasteiger partial charge in [-0.2, -0.15) is 23.4 Å². The first-order chi connectivity index (χ1) is 15.8. The Bertz CT molecular complexity index is 1280. The summed E-state index contributed by atoms with van der Waals surface area (Å²) in [5.41, 5.74) is -0.735. The summed E-state index contributed by atoms with van der Waals surface area (Å²) in [6.07, 6.45) is 0.436. The molecule has 1 aromatic carbocycles. The molecule has 0 saturated heterocycles. The first kappa shape index (κ1) is 22.8. The summed E-state index contributed by atoms with van der Waals surface area (Å²) < 4.78 is 49.5. The summed E-state index contributed by atoms with van der Waals surface area (Å²) in [4.78, 5) is 17.0. The lowest BCUT2D eigenvalue weighted by molar-refractivity contribution is -0.142. The summed E-state index contributed by atoms with van der Waals surface area (Å²) in [7, 11) is 1.49. The van der Waals surface area contributed by atoms with E-state index in [2.05, 4.69) is 36.4 Å². The number of carbonyl (C=O) groups excluding carboxylic acids is 1. The number of carbonyl (C=O) groups is 1. The number of hydrogen-bond acceptors (Lipinski definition) is 5. The van der Waals surface area contributed by atoms with Gasteiger partial charge in [-0.15, -0.1) is 0 Å².